The van der Waals surface area contributed by atoms with Crippen molar-refractivity contribution in [2.45, 2.75) is 19.4 Å². The van der Waals surface area contributed by atoms with E-state index >= 15 is 0 Å². The minimum Gasteiger partial charge on any atom is -0.329 e. The van der Waals surface area contributed by atoms with E-state index in [0.717, 1.165) is 11.3 Å². The number of rotatable bonds is 6. The summed E-state index contributed by atoms with van der Waals surface area (Å²) in [4.78, 5) is 33.8. The van der Waals surface area contributed by atoms with Gasteiger partial charge in [-0.25, -0.2) is 14.8 Å². The van der Waals surface area contributed by atoms with Crippen molar-refractivity contribution >= 4 is 11.9 Å². The maximum atomic E-state index is 11.9. The van der Waals surface area contributed by atoms with Gasteiger partial charge in [0.05, 0.1) is 13.1 Å². The highest BCUT2D eigenvalue weighted by Gasteiger charge is 2.30. The van der Waals surface area contributed by atoms with E-state index in [2.05, 4.69) is 32.5 Å². The Morgan fingerprint density at radius 1 is 1.00 bits per heavy atom. The molecule has 1 saturated heterocycles. The number of amides is 3. The molecule has 136 valence electrons. The number of aryl methyl sites for hydroxylation is 2. The number of aromatic nitrogens is 4. The van der Waals surface area contributed by atoms with E-state index in [-0.39, 0.29) is 19.0 Å². The van der Waals surface area contributed by atoms with E-state index in [1.165, 1.54) is 5.56 Å². The van der Waals surface area contributed by atoms with Crippen molar-refractivity contribution in [2.75, 3.05) is 6.54 Å². The molecule has 8 heteroatoms. The van der Waals surface area contributed by atoms with E-state index in [1.54, 1.807) is 10.9 Å². The van der Waals surface area contributed by atoms with E-state index in [1.807, 2.05) is 36.4 Å². The number of carbonyl (C=O) groups is 2. The average Bonchev–Trinajstić information content (AvgIpc) is 3.26. The van der Waals surface area contributed by atoms with Gasteiger partial charge in [-0.15, -0.1) is 5.10 Å². The molecule has 0 atom stereocenters. The summed E-state index contributed by atoms with van der Waals surface area (Å²) in [7, 11) is 0. The van der Waals surface area contributed by atoms with Gasteiger partial charge in [0.25, 0.3) is 0 Å². The first kappa shape index (κ1) is 16.9. The number of urea groups is 1. The van der Waals surface area contributed by atoms with Crippen LogP contribution in [-0.4, -0.2) is 43.1 Å². The van der Waals surface area contributed by atoms with Crippen molar-refractivity contribution in [1.82, 2.24) is 30.0 Å². The third-order valence-corrected chi connectivity index (χ3v) is 4.30. The van der Waals surface area contributed by atoms with Crippen LogP contribution in [0.15, 0.2) is 54.7 Å². The number of hydrogen-bond acceptors (Lipinski definition) is 5. The van der Waals surface area contributed by atoms with Crippen molar-refractivity contribution in [3.63, 3.8) is 0 Å². The summed E-state index contributed by atoms with van der Waals surface area (Å²) in [5.74, 6) is 1.47. The van der Waals surface area contributed by atoms with E-state index in [9.17, 15) is 9.59 Å². The molecule has 0 spiro atoms. The molecular formula is C19H18N6O2. The van der Waals surface area contributed by atoms with Crippen LogP contribution in [0, 0.1) is 0 Å². The first-order valence-electron chi connectivity index (χ1n) is 8.69. The summed E-state index contributed by atoms with van der Waals surface area (Å²) in [5, 5.41) is 7.08. The molecular weight excluding hydrogens is 344 g/mol. The van der Waals surface area contributed by atoms with Crippen LogP contribution in [0.3, 0.4) is 0 Å². The predicted molar refractivity (Wildman–Crippen MR) is 97.0 cm³/mol. The number of hydrogen-bond donors (Lipinski definition) is 1. The zero-order chi connectivity index (χ0) is 18.6. The van der Waals surface area contributed by atoms with Gasteiger partial charge in [0, 0.05) is 12.6 Å². The van der Waals surface area contributed by atoms with Gasteiger partial charge in [-0.3, -0.25) is 9.69 Å². The zero-order valence-corrected chi connectivity index (χ0v) is 14.6. The molecule has 0 aliphatic carbocycles. The van der Waals surface area contributed by atoms with E-state index in [4.69, 9.17) is 0 Å². The largest absolute Gasteiger partial charge is 0.329 e. The fourth-order valence-electron chi connectivity index (χ4n) is 2.92. The lowest BCUT2D eigenvalue weighted by molar-refractivity contribution is -0.125. The Balaban J connectivity index is 1.61. The molecule has 0 saturated carbocycles. The van der Waals surface area contributed by atoms with Crippen molar-refractivity contribution in [1.29, 1.82) is 0 Å². The third-order valence-electron chi connectivity index (χ3n) is 4.30. The summed E-state index contributed by atoms with van der Waals surface area (Å²) < 4.78 is 1.60. The molecule has 3 heterocycles. The highest BCUT2D eigenvalue weighted by molar-refractivity contribution is 6.01. The number of pyridine rings is 1. The normalized spacial score (nSPS) is 13.9. The Morgan fingerprint density at radius 3 is 2.52 bits per heavy atom. The smallest absolute Gasteiger partial charge is 0.325 e. The van der Waals surface area contributed by atoms with Gasteiger partial charge in [-0.1, -0.05) is 36.4 Å². The quantitative estimate of drug-likeness (QED) is 0.671. The van der Waals surface area contributed by atoms with Crippen molar-refractivity contribution in [3.8, 4) is 5.82 Å². The van der Waals surface area contributed by atoms with Crippen molar-refractivity contribution in [2.24, 2.45) is 0 Å². The molecule has 3 amide bonds. The molecule has 1 N–H and O–H groups in total. The summed E-state index contributed by atoms with van der Waals surface area (Å²) in [5.41, 5.74) is 1.20. The van der Waals surface area contributed by atoms with Gasteiger partial charge in [-0.2, -0.15) is 4.68 Å². The van der Waals surface area contributed by atoms with Crippen LogP contribution in [0.25, 0.3) is 5.82 Å². The molecule has 1 aromatic carbocycles. The summed E-state index contributed by atoms with van der Waals surface area (Å²) in [6, 6.07) is 15.2. The lowest BCUT2D eigenvalue weighted by atomic mass is 10.1. The predicted octanol–water partition coefficient (Wildman–Crippen LogP) is 1.50. The van der Waals surface area contributed by atoms with Gasteiger partial charge in [0.15, 0.2) is 17.5 Å². The van der Waals surface area contributed by atoms with Crippen molar-refractivity contribution < 1.29 is 9.59 Å². The van der Waals surface area contributed by atoms with Crippen molar-refractivity contribution in [3.05, 3.63) is 71.9 Å². The fourth-order valence-corrected chi connectivity index (χ4v) is 2.92. The first-order valence-corrected chi connectivity index (χ1v) is 8.69. The number of imide groups is 1. The number of nitrogens with zero attached hydrogens (tertiary/aromatic N) is 5. The van der Waals surface area contributed by atoms with Crippen LogP contribution in [0.2, 0.25) is 0 Å². The highest BCUT2D eigenvalue weighted by Crippen LogP contribution is 2.13. The Kier molecular flexibility index (Phi) is 4.61. The number of carbonyl (C=O) groups excluding carboxylic acids is 2. The molecule has 1 aliphatic heterocycles. The van der Waals surface area contributed by atoms with Gasteiger partial charge < -0.3 is 5.32 Å². The van der Waals surface area contributed by atoms with Gasteiger partial charge in [0.2, 0.25) is 5.91 Å². The molecule has 0 bridgehead atoms. The van der Waals surface area contributed by atoms with Crippen LogP contribution in [0.1, 0.15) is 17.2 Å². The maximum absolute atomic E-state index is 11.9. The second kappa shape index (κ2) is 7.36. The molecule has 3 aromatic rings. The molecule has 0 radical (unpaired) electrons. The Hall–Kier alpha value is -3.55. The molecule has 4 rings (SSSR count). The van der Waals surface area contributed by atoms with Gasteiger partial charge in [-0.05, 0) is 24.1 Å². The fraction of sp³-hybridized carbons (Fsp3) is 0.211. The third kappa shape index (κ3) is 3.69. The second-order valence-electron chi connectivity index (χ2n) is 6.17. The van der Waals surface area contributed by atoms with Crippen LogP contribution in [0.5, 0.6) is 0 Å². The Bertz CT molecular complexity index is 939. The zero-order valence-electron chi connectivity index (χ0n) is 14.6. The second-order valence-corrected chi connectivity index (χ2v) is 6.17. The number of nitrogens with one attached hydrogen (secondary N) is 1. The van der Waals surface area contributed by atoms with Crippen LogP contribution in [-0.2, 0) is 24.2 Å². The van der Waals surface area contributed by atoms with Gasteiger partial charge >= 0.3 is 6.03 Å². The van der Waals surface area contributed by atoms with Crippen LogP contribution < -0.4 is 5.32 Å². The monoisotopic (exact) mass is 362 g/mol. The number of benzene rings is 1. The molecule has 2 aromatic heterocycles. The lowest BCUT2D eigenvalue weighted by Gasteiger charge is -2.12. The van der Waals surface area contributed by atoms with Crippen LogP contribution in [0.4, 0.5) is 4.79 Å². The SMILES string of the molecule is O=C1CNC(=O)N1Cc1nc(CCc2ccccc2)nn1-c1ccccn1. The molecule has 1 fully saturated rings. The van der Waals surface area contributed by atoms with E-state index < -0.39 is 6.03 Å². The molecule has 27 heavy (non-hydrogen) atoms. The average molecular weight is 362 g/mol. The van der Waals surface area contributed by atoms with Gasteiger partial charge in [0.1, 0.15) is 0 Å². The molecule has 1 aliphatic rings. The Labute approximate surface area is 155 Å². The minimum atomic E-state index is -0.415. The maximum Gasteiger partial charge on any atom is 0.325 e. The molecule has 0 unspecified atom stereocenters. The standard InChI is InChI=1S/C19H18N6O2/c26-18-12-21-19(27)24(18)13-17-22-15(10-9-14-6-2-1-3-7-14)23-25(17)16-8-4-5-11-20-16/h1-8,11H,9-10,12-13H2,(H,21,27). The summed E-state index contributed by atoms with van der Waals surface area (Å²) in [6.45, 7) is 0.0665. The molecule has 8 nitrogen and oxygen atoms in total. The topological polar surface area (TPSA) is 93.0 Å². The lowest BCUT2D eigenvalue weighted by Crippen LogP contribution is -2.31. The first-order chi connectivity index (χ1) is 13.2. The Morgan fingerprint density at radius 2 is 1.81 bits per heavy atom. The summed E-state index contributed by atoms with van der Waals surface area (Å²) >= 11 is 0. The highest BCUT2D eigenvalue weighted by atomic mass is 16.2. The minimum absolute atomic E-state index is 0.0113. The summed E-state index contributed by atoms with van der Waals surface area (Å²) in [6.07, 6.45) is 3.12. The van der Waals surface area contributed by atoms with E-state index in [0.29, 0.717) is 23.9 Å². The van der Waals surface area contributed by atoms with Crippen LogP contribution >= 0.6 is 0 Å².